The minimum atomic E-state index is -0.407. The van der Waals surface area contributed by atoms with Crippen molar-refractivity contribution in [2.45, 2.75) is 39.0 Å². The van der Waals surface area contributed by atoms with E-state index >= 15 is 0 Å². The first-order valence-electron chi connectivity index (χ1n) is 9.71. The number of benzene rings is 2. The highest BCUT2D eigenvalue weighted by molar-refractivity contribution is 9.10. The second-order valence-corrected chi connectivity index (χ2v) is 8.57. The number of allylic oxidation sites excluding steroid dienone is 3. The van der Waals surface area contributed by atoms with Crippen LogP contribution in [0.5, 0.6) is 0 Å². The number of halogens is 1. The standard InChI is InChI=1S/C24H22BrN3O/c1-14-6-11-18(15(2)12-14)22-19(13-26)24(27)28(17-9-7-16(25)8-10-17)20-4-3-5-21(29)23(20)22/h6-12,22H,3-5,27H2,1-2H3. The molecule has 4 rings (SSSR count). The molecule has 1 aliphatic carbocycles. The summed E-state index contributed by atoms with van der Waals surface area (Å²) in [6, 6.07) is 16.3. The quantitative estimate of drug-likeness (QED) is 0.671. The number of nitrogens with zero attached hydrogens (tertiary/aromatic N) is 2. The molecule has 0 bridgehead atoms. The molecule has 0 spiro atoms. The van der Waals surface area contributed by atoms with Crippen LogP contribution in [0.2, 0.25) is 0 Å². The van der Waals surface area contributed by atoms with Crippen LogP contribution in [0.1, 0.15) is 41.9 Å². The van der Waals surface area contributed by atoms with Crippen molar-refractivity contribution in [1.29, 1.82) is 5.26 Å². The molecule has 0 saturated heterocycles. The van der Waals surface area contributed by atoms with Gasteiger partial charge in [0.05, 0.1) is 17.6 Å². The van der Waals surface area contributed by atoms with Crippen molar-refractivity contribution >= 4 is 27.4 Å². The van der Waals surface area contributed by atoms with Gasteiger partial charge in [0.25, 0.3) is 0 Å². The molecule has 0 radical (unpaired) electrons. The molecule has 0 aromatic heterocycles. The number of ketones is 1. The smallest absolute Gasteiger partial charge is 0.161 e. The molecule has 0 saturated carbocycles. The molecule has 146 valence electrons. The number of carbonyl (C=O) groups excluding carboxylic acids is 1. The van der Waals surface area contributed by atoms with Gasteiger partial charge in [-0.2, -0.15) is 5.26 Å². The fourth-order valence-electron chi connectivity index (χ4n) is 4.43. The normalized spacial score (nSPS) is 19.3. The summed E-state index contributed by atoms with van der Waals surface area (Å²) in [5.41, 5.74) is 12.7. The predicted molar refractivity (Wildman–Crippen MR) is 118 cm³/mol. The number of Topliss-reactive ketones (excluding diaryl/α,β-unsaturated/α-hetero) is 1. The molecule has 1 atom stereocenters. The Bertz CT molecular complexity index is 1110. The maximum absolute atomic E-state index is 13.1. The Morgan fingerprint density at radius 3 is 2.52 bits per heavy atom. The number of anilines is 1. The van der Waals surface area contributed by atoms with E-state index < -0.39 is 5.92 Å². The SMILES string of the molecule is Cc1ccc(C2C(C#N)=C(N)N(c3ccc(Br)cc3)C3=C2C(=O)CCC3)c(C)c1. The maximum atomic E-state index is 13.1. The van der Waals surface area contributed by atoms with Crippen LogP contribution in [0.15, 0.2) is 69.6 Å². The molecule has 2 N–H and O–H groups in total. The van der Waals surface area contributed by atoms with Crippen LogP contribution < -0.4 is 10.6 Å². The molecule has 5 heteroatoms. The van der Waals surface area contributed by atoms with Crippen LogP contribution in [0.25, 0.3) is 0 Å². The zero-order valence-electron chi connectivity index (χ0n) is 16.5. The molecule has 2 aliphatic rings. The maximum Gasteiger partial charge on any atom is 0.161 e. The molecule has 0 fully saturated rings. The van der Waals surface area contributed by atoms with Crippen LogP contribution in [0.3, 0.4) is 0 Å². The molecule has 0 amide bonds. The van der Waals surface area contributed by atoms with E-state index in [1.165, 1.54) is 0 Å². The molecular formula is C24H22BrN3O. The molecule has 29 heavy (non-hydrogen) atoms. The Hall–Kier alpha value is -2.84. The zero-order chi connectivity index (χ0) is 20.7. The average molecular weight is 448 g/mol. The van der Waals surface area contributed by atoms with E-state index in [0.717, 1.165) is 51.0 Å². The highest BCUT2D eigenvalue weighted by Gasteiger charge is 2.40. The lowest BCUT2D eigenvalue weighted by atomic mass is 9.74. The van der Waals surface area contributed by atoms with E-state index in [-0.39, 0.29) is 5.78 Å². The topological polar surface area (TPSA) is 70.1 Å². The average Bonchev–Trinajstić information content (AvgIpc) is 2.69. The van der Waals surface area contributed by atoms with E-state index in [4.69, 9.17) is 5.73 Å². The molecular weight excluding hydrogens is 426 g/mol. The number of aryl methyl sites for hydroxylation is 2. The minimum absolute atomic E-state index is 0.110. The first-order chi connectivity index (χ1) is 13.9. The van der Waals surface area contributed by atoms with Crippen LogP contribution in [0, 0.1) is 25.2 Å². The summed E-state index contributed by atoms with van der Waals surface area (Å²) in [4.78, 5) is 15.0. The first-order valence-corrected chi connectivity index (χ1v) is 10.5. The van der Waals surface area contributed by atoms with E-state index in [2.05, 4.69) is 28.1 Å². The summed E-state index contributed by atoms with van der Waals surface area (Å²) in [6.45, 7) is 4.07. The molecule has 1 heterocycles. The number of rotatable bonds is 2. The second kappa shape index (κ2) is 7.53. The van der Waals surface area contributed by atoms with Crippen molar-refractivity contribution in [2.24, 2.45) is 5.73 Å². The van der Waals surface area contributed by atoms with Crippen molar-refractivity contribution in [3.8, 4) is 6.07 Å². The van der Waals surface area contributed by atoms with Crippen LogP contribution in [-0.2, 0) is 4.79 Å². The predicted octanol–water partition coefficient (Wildman–Crippen LogP) is 5.37. The van der Waals surface area contributed by atoms with Gasteiger partial charge in [-0.15, -0.1) is 0 Å². The van der Waals surface area contributed by atoms with Crippen LogP contribution in [0.4, 0.5) is 5.69 Å². The summed E-state index contributed by atoms with van der Waals surface area (Å²) < 4.78 is 0.961. The van der Waals surface area contributed by atoms with Crippen molar-refractivity contribution in [1.82, 2.24) is 0 Å². The summed E-state index contributed by atoms with van der Waals surface area (Å²) >= 11 is 3.46. The first kappa shape index (κ1) is 19.5. The zero-order valence-corrected chi connectivity index (χ0v) is 18.1. The lowest BCUT2D eigenvalue weighted by Gasteiger charge is -2.40. The molecule has 1 unspecified atom stereocenters. The van der Waals surface area contributed by atoms with Crippen LogP contribution in [-0.4, -0.2) is 5.78 Å². The van der Waals surface area contributed by atoms with E-state index in [0.29, 0.717) is 17.8 Å². The van der Waals surface area contributed by atoms with Crippen molar-refractivity contribution in [3.63, 3.8) is 0 Å². The number of carbonyl (C=O) groups is 1. The van der Waals surface area contributed by atoms with Crippen LogP contribution >= 0.6 is 15.9 Å². The molecule has 2 aromatic rings. The van der Waals surface area contributed by atoms with Gasteiger partial charge in [0.1, 0.15) is 5.82 Å². The number of nitrogens with two attached hydrogens (primary N) is 1. The van der Waals surface area contributed by atoms with Gasteiger partial charge in [-0.3, -0.25) is 9.69 Å². The number of hydrogen-bond donors (Lipinski definition) is 1. The fourth-order valence-corrected chi connectivity index (χ4v) is 4.70. The van der Waals surface area contributed by atoms with E-state index in [1.54, 1.807) is 0 Å². The van der Waals surface area contributed by atoms with E-state index in [1.807, 2.05) is 55.1 Å². The lowest BCUT2D eigenvalue weighted by molar-refractivity contribution is -0.116. The summed E-state index contributed by atoms with van der Waals surface area (Å²) in [7, 11) is 0. The molecule has 1 aliphatic heterocycles. The Labute approximate surface area is 179 Å². The van der Waals surface area contributed by atoms with Gasteiger partial charge >= 0.3 is 0 Å². The summed E-state index contributed by atoms with van der Waals surface area (Å²) in [6.07, 6.45) is 2.06. The van der Waals surface area contributed by atoms with Gasteiger partial charge in [0.2, 0.25) is 0 Å². The van der Waals surface area contributed by atoms with Gasteiger partial charge in [-0.1, -0.05) is 39.7 Å². The Balaban J connectivity index is 1.98. The van der Waals surface area contributed by atoms with Gasteiger partial charge in [0, 0.05) is 27.9 Å². The highest BCUT2D eigenvalue weighted by Crippen LogP contribution is 2.47. The van der Waals surface area contributed by atoms with Crippen molar-refractivity contribution in [3.05, 3.63) is 86.3 Å². The third-order valence-corrected chi connectivity index (χ3v) is 6.26. The Morgan fingerprint density at radius 2 is 1.86 bits per heavy atom. The van der Waals surface area contributed by atoms with Crippen molar-refractivity contribution in [2.75, 3.05) is 4.90 Å². The lowest BCUT2D eigenvalue weighted by Crippen LogP contribution is -2.38. The summed E-state index contributed by atoms with van der Waals surface area (Å²) in [5.74, 6) is 0.113. The molecule has 4 nitrogen and oxygen atoms in total. The second-order valence-electron chi connectivity index (χ2n) is 7.65. The minimum Gasteiger partial charge on any atom is -0.384 e. The summed E-state index contributed by atoms with van der Waals surface area (Å²) in [5, 5.41) is 10.1. The van der Waals surface area contributed by atoms with E-state index in [9.17, 15) is 10.1 Å². The fraction of sp³-hybridized carbons (Fsp3) is 0.250. The largest absolute Gasteiger partial charge is 0.384 e. The highest BCUT2D eigenvalue weighted by atomic mass is 79.9. The third-order valence-electron chi connectivity index (χ3n) is 5.73. The van der Waals surface area contributed by atoms with Gasteiger partial charge < -0.3 is 5.73 Å². The Kier molecular flexibility index (Phi) is 5.06. The van der Waals surface area contributed by atoms with Crippen molar-refractivity contribution < 1.29 is 4.79 Å². The number of hydrogen-bond acceptors (Lipinski definition) is 4. The monoisotopic (exact) mass is 447 g/mol. The Morgan fingerprint density at radius 1 is 1.14 bits per heavy atom. The van der Waals surface area contributed by atoms with Gasteiger partial charge in [-0.05, 0) is 62.1 Å². The van der Waals surface area contributed by atoms with Gasteiger partial charge in [-0.25, -0.2) is 0 Å². The third kappa shape index (κ3) is 3.28. The van der Waals surface area contributed by atoms with Gasteiger partial charge in [0.15, 0.2) is 5.78 Å². The number of nitriles is 1. The molecule has 2 aromatic carbocycles.